The molecular weight excluding hydrogens is 318 g/mol. The van der Waals surface area contributed by atoms with Gasteiger partial charge in [0.15, 0.2) is 0 Å². The van der Waals surface area contributed by atoms with E-state index in [1.54, 1.807) is 11.3 Å². The Hall–Kier alpha value is -0.430. The number of nitrogens with zero attached hydrogens (tertiary/aromatic N) is 1. The second kappa shape index (κ2) is 6.65. The van der Waals surface area contributed by atoms with Gasteiger partial charge in [0.2, 0.25) is 0 Å². The van der Waals surface area contributed by atoms with Gasteiger partial charge in [0.05, 0.1) is 19.6 Å². The maximum atomic E-state index is 11.0. The van der Waals surface area contributed by atoms with Gasteiger partial charge in [-0.05, 0) is 22.0 Å². The van der Waals surface area contributed by atoms with E-state index in [2.05, 4.69) is 20.8 Å². The van der Waals surface area contributed by atoms with Gasteiger partial charge in [-0.25, -0.2) is 0 Å². The molecule has 0 spiro atoms. The highest BCUT2D eigenvalue weighted by atomic mass is 79.9. The van der Waals surface area contributed by atoms with E-state index >= 15 is 0 Å². The summed E-state index contributed by atoms with van der Waals surface area (Å²) in [4.78, 5) is 14.4. The van der Waals surface area contributed by atoms with Crippen LogP contribution in [0.3, 0.4) is 0 Å². The molecule has 0 amide bonds. The number of ether oxygens (including phenoxy) is 1. The van der Waals surface area contributed by atoms with Crippen molar-refractivity contribution in [1.29, 1.82) is 0 Å². The monoisotopic (exact) mass is 333 g/mol. The number of carbonyl (C=O) groups is 1. The number of aliphatic carboxylic acids is 1. The van der Waals surface area contributed by atoms with Crippen LogP contribution in [0.4, 0.5) is 0 Å². The lowest BCUT2D eigenvalue weighted by Gasteiger charge is -2.29. The Bertz CT molecular complexity index is 404. The molecule has 2 heterocycles. The SMILES string of the molecule is O=C(O)CC(CN1CCOCC1)c1cc(Br)cs1. The highest BCUT2D eigenvalue weighted by Crippen LogP contribution is 2.30. The van der Waals surface area contributed by atoms with Crippen molar-refractivity contribution in [2.45, 2.75) is 12.3 Å². The first-order valence-electron chi connectivity index (χ1n) is 5.91. The van der Waals surface area contributed by atoms with E-state index in [-0.39, 0.29) is 12.3 Å². The Kier molecular flexibility index (Phi) is 5.17. The van der Waals surface area contributed by atoms with Crippen LogP contribution in [0.25, 0.3) is 0 Å². The number of hydrogen-bond acceptors (Lipinski definition) is 4. The predicted molar refractivity (Wildman–Crippen MR) is 74.3 cm³/mol. The van der Waals surface area contributed by atoms with Gasteiger partial charge in [0, 0.05) is 40.3 Å². The fourth-order valence-corrected chi connectivity index (χ4v) is 3.64. The molecule has 0 bridgehead atoms. The van der Waals surface area contributed by atoms with Crippen molar-refractivity contribution in [2.75, 3.05) is 32.8 Å². The molecule has 1 atom stereocenters. The summed E-state index contributed by atoms with van der Waals surface area (Å²) < 4.78 is 6.34. The van der Waals surface area contributed by atoms with E-state index < -0.39 is 5.97 Å². The minimum Gasteiger partial charge on any atom is -0.481 e. The average molecular weight is 334 g/mol. The molecule has 1 N–H and O–H groups in total. The van der Waals surface area contributed by atoms with Crippen LogP contribution in [0.5, 0.6) is 0 Å². The number of carboxylic acids is 1. The van der Waals surface area contributed by atoms with Gasteiger partial charge in [-0.3, -0.25) is 9.69 Å². The molecule has 1 fully saturated rings. The first kappa shape index (κ1) is 14.0. The van der Waals surface area contributed by atoms with E-state index in [9.17, 15) is 4.79 Å². The number of carboxylic acid groups (broad SMARTS) is 1. The van der Waals surface area contributed by atoms with Gasteiger partial charge >= 0.3 is 5.97 Å². The molecule has 2 rings (SSSR count). The van der Waals surface area contributed by atoms with Gasteiger partial charge < -0.3 is 9.84 Å². The largest absolute Gasteiger partial charge is 0.481 e. The zero-order chi connectivity index (χ0) is 13.0. The van der Waals surface area contributed by atoms with Gasteiger partial charge in [0.1, 0.15) is 0 Å². The summed E-state index contributed by atoms with van der Waals surface area (Å²) in [6.07, 6.45) is 0.185. The second-order valence-electron chi connectivity index (χ2n) is 4.38. The fraction of sp³-hybridized carbons (Fsp3) is 0.583. The van der Waals surface area contributed by atoms with Crippen LogP contribution in [-0.2, 0) is 9.53 Å². The normalized spacial score (nSPS) is 18.7. The van der Waals surface area contributed by atoms with Gasteiger partial charge in [-0.2, -0.15) is 0 Å². The molecule has 0 radical (unpaired) electrons. The number of morpholine rings is 1. The summed E-state index contributed by atoms with van der Waals surface area (Å²) >= 11 is 5.04. The molecule has 0 aliphatic carbocycles. The molecule has 1 saturated heterocycles. The summed E-state index contributed by atoms with van der Waals surface area (Å²) in [6, 6.07) is 2.03. The van der Waals surface area contributed by atoms with Crippen LogP contribution < -0.4 is 0 Å². The lowest BCUT2D eigenvalue weighted by molar-refractivity contribution is -0.137. The molecule has 1 aromatic rings. The van der Waals surface area contributed by atoms with Crippen molar-refractivity contribution >= 4 is 33.2 Å². The molecule has 1 unspecified atom stereocenters. The van der Waals surface area contributed by atoms with Crippen molar-refractivity contribution < 1.29 is 14.6 Å². The predicted octanol–water partition coefficient (Wildman–Crippen LogP) is 2.40. The highest BCUT2D eigenvalue weighted by molar-refractivity contribution is 9.10. The summed E-state index contributed by atoms with van der Waals surface area (Å²) in [5.41, 5.74) is 0. The number of rotatable bonds is 5. The van der Waals surface area contributed by atoms with Gasteiger partial charge in [-0.1, -0.05) is 0 Å². The van der Waals surface area contributed by atoms with E-state index in [1.165, 1.54) is 0 Å². The number of thiophene rings is 1. The fourth-order valence-electron chi connectivity index (χ4n) is 2.10. The number of halogens is 1. The molecule has 0 saturated carbocycles. The smallest absolute Gasteiger partial charge is 0.304 e. The molecule has 18 heavy (non-hydrogen) atoms. The van der Waals surface area contributed by atoms with E-state index in [1.807, 2.05) is 11.4 Å². The van der Waals surface area contributed by atoms with Crippen LogP contribution in [0, 0.1) is 0 Å². The molecular formula is C12H16BrNO3S. The van der Waals surface area contributed by atoms with Crippen molar-refractivity contribution in [3.63, 3.8) is 0 Å². The van der Waals surface area contributed by atoms with Crippen molar-refractivity contribution in [1.82, 2.24) is 4.90 Å². The van der Waals surface area contributed by atoms with E-state index in [0.29, 0.717) is 0 Å². The minimum atomic E-state index is -0.738. The summed E-state index contributed by atoms with van der Waals surface area (Å²) in [7, 11) is 0. The minimum absolute atomic E-state index is 0.0666. The Morgan fingerprint density at radius 2 is 2.28 bits per heavy atom. The second-order valence-corrected chi connectivity index (χ2v) is 6.23. The Morgan fingerprint density at radius 1 is 1.56 bits per heavy atom. The molecule has 100 valence electrons. The van der Waals surface area contributed by atoms with E-state index in [4.69, 9.17) is 9.84 Å². The Balaban J connectivity index is 2.02. The average Bonchev–Trinajstić information content (AvgIpc) is 2.76. The molecule has 0 aromatic carbocycles. The van der Waals surface area contributed by atoms with Crippen LogP contribution in [0.1, 0.15) is 17.2 Å². The molecule has 4 nitrogen and oxygen atoms in total. The quantitative estimate of drug-likeness (QED) is 0.898. The maximum Gasteiger partial charge on any atom is 0.304 e. The van der Waals surface area contributed by atoms with Gasteiger partial charge in [0.25, 0.3) is 0 Å². The van der Waals surface area contributed by atoms with Gasteiger partial charge in [-0.15, -0.1) is 11.3 Å². The Labute approximate surface area is 119 Å². The van der Waals surface area contributed by atoms with E-state index in [0.717, 1.165) is 42.2 Å². The summed E-state index contributed by atoms with van der Waals surface area (Å²) in [6.45, 7) is 4.07. The zero-order valence-electron chi connectivity index (χ0n) is 9.97. The lowest BCUT2D eigenvalue weighted by atomic mass is 10.0. The first-order chi connectivity index (χ1) is 8.65. The van der Waals surface area contributed by atoms with Crippen molar-refractivity contribution in [2.24, 2.45) is 0 Å². The maximum absolute atomic E-state index is 11.0. The number of hydrogen-bond donors (Lipinski definition) is 1. The van der Waals surface area contributed by atoms with Crippen LogP contribution in [0.15, 0.2) is 15.9 Å². The third-order valence-electron chi connectivity index (χ3n) is 2.99. The van der Waals surface area contributed by atoms with Crippen molar-refractivity contribution in [3.05, 3.63) is 20.8 Å². The summed E-state index contributed by atoms with van der Waals surface area (Å²) in [5, 5.41) is 11.0. The standard InChI is InChI=1S/C12H16BrNO3S/c13-10-6-11(18-8-10)9(5-12(15)16)7-14-1-3-17-4-2-14/h6,8-9H,1-5,7H2,(H,15,16). The Morgan fingerprint density at radius 3 is 2.83 bits per heavy atom. The van der Waals surface area contributed by atoms with Crippen LogP contribution in [0.2, 0.25) is 0 Å². The first-order valence-corrected chi connectivity index (χ1v) is 7.58. The topological polar surface area (TPSA) is 49.8 Å². The molecule has 6 heteroatoms. The highest BCUT2D eigenvalue weighted by Gasteiger charge is 2.22. The lowest BCUT2D eigenvalue weighted by Crippen LogP contribution is -2.39. The zero-order valence-corrected chi connectivity index (χ0v) is 12.4. The van der Waals surface area contributed by atoms with Crippen LogP contribution >= 0.6 is 27.3 Å². The van der Waals surface area contributed by atoms with Crippen molar-refractivity contribution in [3.8, 4) is 0 Å². The summed E-state index contributed by atoms with van der Waals surface area (Å²) in [5.74, 6) is -0.672. The van der Waals surface area contributed by atoms with Crippen LogP contribution in [-0.4, -0.2) is 48.8 Å². The molecule has 1 aliphatic rings. The third kappa shape index (κ3) is 4.05. The third-order valence-corrected chi connectivity index (χ3v) is 4.85. The molecule has 1 aliphatic heterocycles. The molecule has 1 aromatic heterocycles.